The summed E-state index contributed by atoms with van der Waals surface area (Å²) in [5.41, 5.74) is 0.620. The summed E-state index contributed by atoms with van der Waals surface area (Å²) >= 11 is 0. The standard InChI is InChI=1S/C11H15FN2O/c1-13-11(15)6-7-14-8-9-4-2-3-5-10(9)12/h2-5,14H,6-8H2,1H3,(H,13,15). The highest BCUT2D eigenvalue weighted by Gasteiger charge is 2.00. The average molecular weight is 210 g/mol. The first-order valence-corrected chi connectivity index (χ1v) is 4.88. The van der Waals surface area contributed by atoms with Crippen molar-refractivity contribution in [2.24, 2.45) is 0 Å². The number of hydrogen-bond acceptors (Lipinski definition) is 2. The van der Waals surface area contributed by atoms with Crippen molar-refractivity contribution in [3.63, 3.8) is 0 Å². The van der Waals surface area contributed by atoms with Gasteiger partial charge in [-0.1, -0.05) is 18.2 Å². The van der Waals surface area contributed by atoms with Crippen molar-refractivity contribution >= 4 is 5.91 Å². The molecule has 82 valence electrons. The van der Waals surface area contributed by atoms with Gasteiger partial charge in [0.25, 0.3) is 0 Å². The summed E-state index contributed by atoms with van der Waals surface area (Å²) in [5, 5.41) is 5.53. The molecule has 0 unspecified atom stereocenters. The van der Waals surface area contributed by atoms with Crippen LogP contribution in [0, 0.1) is 5.82 Å². The molecule has 0 atom stereocenters. The van der Waals surface area contributed by atoms with Crippen LogP contribution in [-0.4, -0.2) is 19.5 Å². The van der Waals surface area contributed by atoms with Crippen molar-refractivity contribution in [2.75, 3.05) is 13.6 Å². The third-order valence-electron chi connectivity index (χ3n) is 2.08. The van der Waals surface area contributed by atoms with E-state index in [1.54, 1.807) is 25.2 Å². The first-order chi connectivity index (χ1) is 7.24. The minimum atomic E-state index is -0.218. The van der Waals surface area contributed by atoms with E-state index < -0.39 is 0 Å². The first-order valence-electron chi connectivity index (χ1n) is 4.88. The summed E-state index contributed by atoms with van der Waals surface area (Å²) in [6.45, 7) is 0.998. The lowest BCUT2D eigenvalue weighted by Gasteiger charge is -2.05. The highest BCUT2D eigenvalue weighted by Crippen LogP contribution is 2.05. The van der Waals surface area contributed by atoms with Gasteiger partial charge < -0.3 is 10.6 Å². The Hall–Kier alpha value is -1.42. The average Bonchev–Trinajstić information content (AvgIpc) is 2.26. The molecule has 0 bridgehead atoms. The van der Waals surface area contributed by atoms with Crippen molar-refractivity contribution in [1.82, 2.24) is 10.6 Å². The fourth-order valence-electron chi connectivity index (χ4n) is 1.19. The number of rotatable bonds is 5. The molecule has 0 heterocycles. The van der Waals surface area contributed by atoms with Crippen LogP contribution in [0.15, 0.2) is 24.3 Å². The lowest BCUT2D eigenvalue weighted by molar-refractivity contribution is -0.120. The van der Waals surface area contributed by atoms with E-state index in [0.717, 1.165) is 0 Å². The van der Waals surface area contributed by atoms with Gasteiger partial charge >= 0.3 is 0 Å². The molecule has 0 aromatic heterocycles. The Balaban J connectivity index is 2.26. The van der Waals surface area contributed by atoms with Gasteiger partial charge in [0.2, 0.25) is 5.91 Å². The van der Waals surface area contributed by atoms with Crippen LogP contribution in [0.4, 0.5) is 4.39 Å². The molecule has 0 spiro atoms. The van der Waals surface area contributed by atoms with Crippen LogP contribution in [-0.2, 0) is 11.3 Å². The van der Waals surface area contributed by atoms with E-state index in [4.69, 9.17) is 0 Å². The van der Waals surface area contributed by atoms with Gasteiger partial charge in [-0.2, -0.15) is 0 Å². The molecule has 0 saturated heterocycles. The maximum atomic E-state index is 13.1. The normalized spacial score (nSPS) is 10.0. The summed E-state index contributed by atoms with van der Waals surface area (Å²) in [4.78, 5) is 10.9. The monoisotopic (exact) mass is 210 g/mol. The minimum Gasteiger partial charge on any atom is -0.359 e. The molecular formula is C11H15FN2O. The molecule has 2 N–H and O–H groups in total. The van der Waals surface area contributed by atoms with Gasteiger partial charge in [-0.15, -0.1) is 0 Å². The maximum Gasteiger partial charge on any atom is 0.221 e. The number of benzene rings is 1. The molecule has 0 fully saturated rings. The summed E-state index contributed by atoms with van der Waals surface area (Å²) in [7, 11) is 1.60. The second kappa shape index (κ2) is 6.14. The number of carbonyl (C=O) groups is 1. The molecule has 15 heavy (non-hydrogen) atoms. The zero-order chi connectivity index (χ0) is 11.1. The van der Waals surface area contributed by atoms with Gasteiger partial charge in [-0.3, -0.25) is 4.79 Å². The summed E-state index contributed by atoms with van der Waals surface area (Å²) in [6, 6.07) is 6.60. The Morgan fingerprint density at radius 2 is 2.13 bits per heavy atom. The van der Waals surface area contributed by atoms with Crippen LogP contribution in [0.3, 0.4) is 0 Å². The highest BCUT2D eigenvalue weighted by molar-refractivity contribution is 5.75. The van der Waals surface area contributed by atoms with Crippen molar-refractivity contribution in [3.05, 3.63) is 35.6 Å². The molecule has 4 heteroatoms. The Morgan fingerprint density at radius 1 is 1.40 bits per heavy atom. The number of hydrogen-bond donors (Lipinski definition) is 2. The Kier molecular flexibility index (Phi) is 4.77. The zero-order valence-electron chi connectivity index (χ0n) is 8.72. The molecule has 1 rings (SSSR count). The molecule has 0 aliphatic carbocycles. The van der Waals surface area contributed by atoms with Gasteiger partial charge in [0.1, 0.15) is 5.82 Å². The van der Waals surface area contributed by atoms with E-state index in [1.807, 2.05) is 0 Å². The summed E-state index contributed by atoms with van der Waals surface area (Å²) in [6.07, 6.45) is 0.408. The van der Waals surface area contributed by atoms with E-state index in [-0.39, 0.29) is 11.7 Å². The molecule has 1 aromatic carbocycles. The van der Waals surface area contributed by atoms with E-state index in [2.05, 4.69) is 10.6 Å². The first kappa shape index (κ1) is 11.7. The van der Waals surface area contributed by atoms with Crippen molar-refractivity contribution < 1.29 is 9.18 Å². The van der Waals surface area contributed by atoms with Crippen LogP contribution in [0.25, 0.3) is 0 Å². The Morgan fingerprint density at radius 3 is 2.80 bits per heavy atom. The van der Waals surface area contributed by atoms with Gasteiger partial charge in [0, 0.05) is 32.1 Å². The lowest BCUT2D eigenvalue weighted by Crippen LogP contribution is -2.24. The van der Waals surface area contributed by atoms with Crippen molar-refractivity contribution in [2.45, 2.75) is 13.0 Å². The van der Waals surface area contributed by atoms with Gasteiger partial charge in [0.15, 0.2) is 0 Å². The van der Waals surface area contributed by atoms with Gasteiger partial charge in [-0.05, 0) is 6.07 Å². The molecule has 0 aliphatic heterocycles. The van der Waals surface area contributed by atoms with Gasteiger partial charge in [0.05, 0.1) is 0 Å². The molecule has 1 amide bonds. The van der Waals surface area contributed by atoms with E-state index >= 15 is 0 Å². The number of amides is 1. The van der Waals surface area contributed by atoms with Crippen LogP contribution < -0.4 is 10.6 Å². The Labute approximate surface area is 88.7 Å². The number of halogens is 1. The minimum absolute atomic E-state index is 0.0176. The van der Waals surface area contributed by atoms with E-state index in [9.17, 15) is 9.18 Å². The highest BCUT2D eigenvalue weighted by atomic mass is 19.1. The summed E-state index contributed by atoms with van der Waals surface area (Å²) < 4.78 is 13.1. The predicted molar refractivity (Wildman–Crippen MR) is 56.8 cm³/mol. The zero-order valence-corrected chi connectivity index (χ0v) is 8.72. The third kappa shape index (κ3) is 4.08. The SMILES string of the molecule is CNC(=O)CCNCc1ccccc1F. The molecule has 0 saturated carbocycles. The molecule has 0 radical (unpaired) electrons. The second-order valence-corrected chi connectivity index (χ2v) is 3.19. The van der Waals surface area contributed by atoms with Crippen LogP contribution in [0.5, 0.6) is 0 Å². The molecule has 1 aromatic rings. The molecular weight excluding hydrogens is 195 g/mol. The largest absolute Gasteiger partial charge is 0.359 e. The molecule has 3 nitrogen and oxygen atoms in total. The quantitative estimate of drug-likeness (QED) is 0.713. The van der Waals surface area contributed by atoms with Crippen LogP contribution in [0.1, 0.15) is 12.0 Å². The van der Waals surface area contributed by atoms with E-state index in [0.29, 0.717) is 25.1 Å². The predicted octanol–water partition coefficient (Wildman–Crippen LogP) is 1.05. The van der Waals surface area contributed by atoms with Crippen LogP contribution >= 0.6 is 0 Å². The maximum absolute atomic E-state index is 13.1. The molecule has 0 aliphatic rings. The lowest BCUT2D eigenvalue weighted by atomic mass is 10.2. The number of carbonyl (C=O) groups excluding carboxylic acids is 1. The topological polar surface area (TPSA) is 41.1 Å². The van der Waals surface area contributed by atoms with Crippen LogP contribution in [0.2, 0.25) is 0 Å². The fourth-order valence-corrected chi connectivity index (χ4v) is 1.19. The summed E-state index contributed by atoms with van der Waals surface area (Å²) in [5.74, 6) is -0.235. The van der Waals surface area contributed by atoms with E-state index in [1.165, 1.54) is 6.07 Å². The fraction of sp³-hybridized carbons (Fsp3) is 0.364. The van der Waals surface area contributed by atoms with Crippen molar-refractivity contribution in [1.29, 1.82) is 0 Å². The Bertz CT molecular complexity index is 328. The third-order valence-corrected chi connectivity index (χ3v) is 2.08. The van der Waals surface area contributed by atoms with Gasteiger partial charge in [-0.25, -0.2) is 4.39 Å². The number of nitrogens with one attached hydrogen (secondary N) is 2. The second-order valence-electron chi connectivity index (χ2n) is 3.19. The van der Waals surface area contributed by atoms with Crippen molar-refractivity contribution in [3.8, 4) is 0 Å². The smallest absolute Gasteiger partial charge is 0.221 e.